The number of nitrogens with one attached hydrogen (secondary N) is 1. The molecule has 0 aromatic heterocycles. The van der Waals surface area contributed by atoms with E-state index in [0.29, 0.717) is 25.6 Å². The van der Waals surface area contributed by atoms with E-state index in [1.165, 1.54) is 5.56 Å². The predicted molar refractivity (Wildman–Crippen MR) is 142 cm³/mol. The number of terminal acetylenes is 1. The maximum atomic E-state index is 12.0. The number of nitrogens with two attached hydrogens (primary N) is 1. The third-order valence-corrected chi connectivity index (χ3v) is 5.77. The second-order valence-electron chi connectivity index (χ2n) is 9.04. The van der Waals surface area contributed by atoms with Crippen LogP contribution in [-0.2, 0) is 25.6 Å². The van der Waals surface area contributed by atoms with Crippen LogP contribution in [0.15, 0.2) is 24.3 Å². The molecule has 1 aromatic carbocycles. The minimum absolute atomic E-state index is 0. The van der Waals surface area contributed by atoms with E-state index in [9.17, 15) is 9.90 Å². The molecule has 8 nitrogen and oxygen atoms in total. The molecule has 1 amide bonds. The van der Waals surface area contributed by atoms with Crippen molar-refractivity contribution in [3.63, 3.8) is 0 Å². The number of carbonyl (C=O) groups excluding carboxylic acids is 2. The Bertz CT molecular complexity index is 719. The molecule has 200 valence electrons. The summed E-state index contributed by atoms with van der Waals surface area (Å²) in [5.74, 6) is 2.77. The van der Waals surface area contributed by atoms with Gasteiger partial charge in [0.1, 0.15) is 6.79 Å². The molecule has 2 fully saturated rings. The van der Waals surface area contributed by atoms with E-state index in [1.807, 2.05) is 51.9 Å². The Kier molecular flexibility index (Phi) is 26.0. The van der Waals surface area contributed by atoms with Crippen molar-refractivity contribution in [2.45, 2.75) is 65.2 Å². The molecular weight excluding hydrogens is 485 g/mol. The van der Waals surface area contributed by atoms with Crippen molar-refractivity contribution in [2.75, 3.05) is 40.5 Å². The summed E-state index contributed by atoms with van der Waals surface area (Å²) < 4.78 is 10.1. The van der Waals surface area contributed by atoms with Crippen molar-refractivity contribution < 1.29 is 75.6 Å². The number of nitrogens with zero attached hydrogens (tertiary/aromatic N) is 1. The number of ether oxygens (including phenoxy) is 2. The molecule has 0 radical (unpaired) electrons. The molecule has 0 bridgehead atoms. The molecular formula is C27H46KN3O5. The van der Waals surface area contributed by atoms with E-state index >= 15 is 0 Å². The molecule has 1 atom stereocenters. The molecule has 1 aromatic rings. The van der Waals surface area contributed by atoms with Crippen molar-refractivity contribution in [1.29, 1.82) is 0 Å². The Morgan fingerprint density at radius 3 is 2.22 bits per heavy atom. The van der Waals surface area contributed by atoms with Crippen LogP contribution >= 0.6 is 0 Å². The fraction of sp³-hybridized carbons (Fsp3) is 0.630. The molecule has 2 heterocycles. The van der Waals surface area contributed by atoms with E-state index in [2.05, 4.69) is 18.2 Å². The number of benzene rings is 1. The number of aliphatic hydroxyl groups excluding tert-OH is 1. The van der Waals surface area contributed by atoms with E-state index < -0.39 is 0 Å². The third kappa shape index (κ3) is 17.7. The SMILES string of the molecule is C#Cc1ccc(CNC)cc1.C=O.CC1(CC(=O)N2CCC(O)C2)CCOCC1.COC(C)C.[K+].[NH2-]. The van der Waals surface area contributed by atoms with Gasteiger partial charge < -0.3 is 35.7 Å². The first kappa shape index (κ1) is 39.9. The number of carbonyl (C=O) groups is 2. The summed E-state index contributed by atoms with van der Waals surface area (Å²) in [6.07, 6.45) is 8.54. The van der Waals surface area contributed by atoms with Gasteiger partial charge in [0.25, 0.3) is 0 Å². The number of rotatable bonds is 5. The zero-order valence-corrected chi connectivity index (χ0v) is 26.3. The molecule has 36 heavy (non-hydrogen) atoms. The minimum atomic E-state index is -0.313. The fourth-order valence-corrected chi connectivity index (χ4v) is 3.41. The summed E-state index contributed by atoms with van der Waals surface area (Å²) in [7, 11) is 3.62. The quantitative estimate of drug-likeness (QED) is 0.427. The summed E-state index contributed by atoms with van der Waals surface area (Å²) >= 11 is 0. The average molecular weight is 532 g/mol. The van der Waals surface area contributed by atoms with Crippen LogP contribution in [0.3, 0.4) is 0 Å². The van der Waals surface area contributed by atoms with Crippen LogP contribution in [0, 0.1) is 17.8 Å². The summed E-state index contributed by atoms with van der Waals surface area (Å²) in [6.45, 7) is 11.8. The molecule has 1 unspecified atom stereocenters. The van der Waals surface area contributed by atoms with Crippen LogP contribution in [0.4, 0.5) is 0 Å². The predicted octanol–water partition coefficient (Wildman–Crippen LogP) is 0.751. The van der Waals surface area contributed by atoms with Crippen LogP contribution in [0.1, 0.15) is 57.6 Å². The third-order valence-electron chi connectivity index (χ3n) is 5.77. The van der Waals surface area contributed by atoms with Gasteiger partial charge >= 0.3 is 51.4 Å². The van der Waals surface area contributed by atoms with Gasteiger partial charge in [-0.25, -0.2) is 0 Å². The molecule has 0 aliphatic carbocycles. The monoisotopic (exact) mass is 531 g/mol. The van der Waals surface area contributed by atoms with Crippen LogP contribution in [0.2, 0.25) is 0 Å². The van der Waals surface area contributed by atoms with Crippen LogP contribution in [-0.4, -0.2) is 75.4 Å². The summed E-state index contributed by atoms with van der Waals surface area (Å²) in [5, 5.41) is 12.5. The molecule has 4 N–H and O–H groups in total. The summed E-state index contributed by atoms with van der Waals surface area (Å²) in [4.78, 5) is 21.8. The van der Waals surface area contributed by atoms with E-state index in [1.54, 1.807) is 12.0 Å². The van der Waals surface area contributed by atoms with Crippen molar-refractivity contribution in [3.05, 3.63) is 41.5 Å². The standard InChI is InChI=1S/C12H21NO3.C10H11N.C4H10O.CH2O.K.H2N/c1-12(3-6-16-7-4-12)8-11(15)13-5-2-10(14)9-13;1-3-9-4-6-10(7-5-9)8-11-2;1-4(2)5-3;1-2;;/h10,14H,2-9H2,1H3;1,4-7,11H,8H2,2H3;4H,1-3H3;1H2;;1H2/q;;;;+1;-1. The first-order valence-corrected chi connectivity index (χ1v) is 11.8. The molecule has 2 aliphatic rings. The molecule has 2 saturated heterocycles. The topological polar surface area (TPSA) is 122 Å². The average Bonchev–Trinajstić information content (AvgIpc) is 3.28. The van der Waals surface area contributed by atoms with Crippen molar-refractivity contribution in [2.24, 2.45) is 5.41 Å². The zero-order chi connectivity index (χ0) is 26.0. The number of aliphatic hydroxyl groups is 1. The maximum Gasteiger partial charge on any atom is 1.00 e. The molecule has 9 heteroatoms. The summed E-state index contributed by atoms with van der Waals surface area (Å²) in [6, 6.07) is 7.97. The molecule has 0 spiro atoms. The van der Waals surface area contributed by atoms with Crippen LogP contribution in [0.25, 0.3) is 6.15 Å². The largest absolute Gasteiger partial charge is 1.00 e. The van der Waals surface area contributed by atoms with Crippen molar-refractivity contribution >= 4 is 12.7 Å². The Morgan fingerprint density at radius 1 is 1.31 bits per heavy atom. The first-order chi connectivity index (χ1) is 16.2. The van der Waals surface area contributed by atoms with Gasteiger partial charge in [-0.05, 0) is 63.3 Å². The van der Waals surface area contributed by atoms with Gasteiger partial charge in [-0.2, -0.15) is 0 Å². The Labute approximate surface area is 261 Å². The van der Waals surface area contributed by atoms with Crippen molar-refractivity contribution in [3.8, 4) is 12.3 Å². The molecule has 0 saturated carbocycles. The zero-order valence-electron chi connectivity index (χ0n) is 23.2. The molecule has 2 aliphatic heterocycles. The number of hydrogen-bond acceptors (Lipinski definition) is 6. The number of β-amino-alcohol motifs (C(OH)–C–C–N with tert-alkyl or cyclic N) is 1. The second kappa shape index (κ2) is 23.5. The summed E-state index contributed by atoms with van der Waals surface area (Å²) in [5.41, 5.74) is 2.29. The van der Waals surface area contributed by atoms with Crippen molar-refractivity contribution in [1.82, 2.24) is 10.2 Å². The van der Waals surface area contributed by atoms with E-state index in [4.69, 9.17) is 20.7 Å². The minimum Gasteiger partial charge on any atom is -0.693 e. The van der Waals surface area contributed by atoms with Gasteiger partial charge in [-0.1, -0.05) is 25.0 Å². The van der Waals surface area contributed by atoms with Crippen LogP contribution < -0.4 is 56.7 Å². The van der Waals surface area contributed by atoms with Gasteiger partial charge in [-0.15, -0.1) is 6.42 Å². The number of amides is 1. The Morgan fingerprint density at radius 2 is 1.83 bits per heavy atom. The number of hydrogen-bond donors (Lipinski definition) is 2. The van der Waals surface area contributed by atoms with Crippen LogP contribution in [0.5, 0.6) is 0 Å². The molecule has 3 rings (SSSR count). The van der Waals surface area contributed by atoms with Gasteiger partial charge in [0, 0.05) is 51.9 Å². The first-order valence-electron chi connectivity index (χ1n) is 11.8. The van der Waals surface area contributed by atoms with Gasteiger partial charge in [0.15, 0.2) is 0 Å². The second-order valence-corrected chi connectivity index (χ2v) is 9.04. The fourth-order valence-electron chi connectivity index (χ4n) is 3.41. The Hall–Kier alpha value is -0.644. The van der Waals surface area contributed by atoms with Gasteiger partial charge in [0.2, 0.25) is 5.91 Å². The van der Waals surface area contributed by atoms with Gasteiger partial charge in [0.05, 0.1) is 12.2 Å². The van der Waals surface area contributed by atoms with Gasteiger partial charge in [-0.3, -0.25) is 4.79 Å². The Balaban J connectivity index is -0.000000478. The number of methoxy groups -OCH3 is 1. The number of likely N-dealkylation sites (tertiary alicyclic amines) is 1. The maximum absolute atomic E-state index is 12.0. The van der Waals surface area contributed by atoms with E-state index in [-0.39, 0.29) is 75.0 Å². The normalized spacial score (nSPS) is 17.3. The van der Waals surface area contributed by atoms with E-state index in [0.717, 1.165) is 44.6 Å². The smallest absolute Gasteiger partial charge is 0.693 e.